The van der Waals surface area contributed by atoms with Crippen molar-refractivity contribution in [3.8, 4) is 0 Å². The van der Waals surface area contributed by atoms with Gasteiger partial charge in [-0.1, -0.05) is 30.7 Å². The molecule has 0 saturated carbocycles. The Labute approximate surface area is 123 Å². The zero-order chi connectivity index (χ0) is 14.3. The Kier molecular flexibility index (Phi) is 7.44. The largest absolute Gasteiger partial charge is 0.317 e. The maximum atomic E-state index is 6.06. The van der Waals surface area contributed by atoms with Crippen molar-refractivity contribution in [3.63, 3.8) is 0 Å². The maximum absolute atomic E-state index is 6.06. The fourth-order valence-electron chi connectivity index (χ4n) is 2.20. The Morgan fingerprint density at radius 3 is 2.63 bits per heavy atom. The predicted octanol–water partition coefficient (Wildman–Crippen LogP) is 4.11. The summed E-state index contributed by atoms with van der Waals surface area (Å²) >= 11 is 6.06. The van der Waals surface area contributed by atoms with E-state index in [1.54, 1.807) is 0 Å². The van der Waals surface area contributed by atoms with E-state index in [1.165, 1.54) is 18.4 Å². The van der Waals surface area contributed by atoms with Crippen LogP contribution in [0.3, 0.4) is 0 Å². The molecule has 0 amide bonds. The molecule has 0 fully saturated rings. The van der Waals surface area contributed by atoms with Crippen molar-refractivity contribution in [2.24, 2.45) is 0 Å². The summed E-state index contributed by atoms with van der Waals surface area (Å²) in [6.45, 7) is 8.92. The lowest BCUT2D eigenvalue weighted by Gasteiger charge is -2.31. The van der Waals surface area contributed by atoms with Gasteiger partial charge in [0, 0.05) is 17.1 Å². The van der Waals surface area contributed by atoms with Gasteiger partial charge in [0.05, 0.1) is 0 Å². The van der Waals surface area contributed by atoms with Gasteiger partial charge in [-0.2, -0.15) is 0 Å². The van der Waals surface area contributed by atoms with Crippen LogP contribution in [-0.4, -0.2) is 31.1 Å². The number of hydrogen-bond donors (Lipinski definition) is 1. The minimum atomic E-state index is 0.389. The first kappa shape index (κ1) is 16.5. The average Bonchev–Trinajstić information content (AvgIpc) is 2.41. The molecule has 2 unspecified atom stereocenters. The lowest BCUT2D eigenvalue weighted by Crippen LogP contribution is -2.34. The third kappa shape index (κ3) is 5.52. The molecular formula is C16H27ClN2. The van der Waals surface area contributed by atoms with Gasteiger partial charge in [0.15, 0.2) is 0 Å². The topological polar surface area (TPSA) is 15.3 Å². The van der Waals surface area contributed by atoms with E-state index in [2.05, 4.69) is 50.2 Å². The van der Waals surface area contributed by atoms with Crippen molar-refractivity contribution in [1.29, 1.82) is 0 Å². The second-order valence-electron chi connectivity index (χ2n) is 5.28. The van der Waals surface area contributed by atoms with Crippen LogP contribution in [0, 0.1) is 0 Å². The molecule has 0 bridgehead atoms. The van der Waals surface area contributed by atoms with Gasteiger partial charge in [0.25, 0.3) is 0 Å². The van der Waals surface area contributed by atoms with Gasteiger partial charge in [0.2, 0.25) is 0 Å². The first-order valence-electron chi connectivity index (χ1n) is 7.24. The van der Waals surface area contributed by atoms with Crippen LogP contribution < -0.4 is 5.32 Å². The highest BCUT2D eigenvalue weighted by Crippen LogP contribution is 2.23. The van der Waals surface area contributed by atoms with E-state index in [4.69, 9.17) is 11.6 Å². The molecule has 0 saturated heterocycles. The Hall–Kier alpha value is -0.570. The fourth-order valence-corrected chi connectivity index (χ4v) is 2.40. The first-order valence-corrected chi connectivity index (χ1v) is 7.62. The van der Waals surface area contributed by atoms with Gasteiger partial charge >= 0.3 is 0 Å². The molecule has 0 aliphatic carbocycles. The molecule has 19 heavy (non-hydrogen) atoms. The number of nitrogens with one attached hydrogen (secondary N) is 1. The third-order valence-corrected chi connectivity index (χ3v) is 4.04. The summed E-state index contributed by atoms with van der Waals surface area (Å²) in [5.74, 6) is 0. The summed E-state index contributed by atoms with van der Waals surface area (Å²) in [6, 6.07) is 9.10. The monoisotopic (exact) mass is 282 g/mol. The molecule has 3 heteroatoms. The summed E-state index contributed by atoms with van der Waals surface area (Å²) in [7, 11) is 2.19. The van der Waals surface area contributed by atoms with Gasteiger partial charge in [0.1, 0.15) is 0 Å². The Balaban J connectivity index is 2.49. The molecule has 1 aromatic rings. The molecular weight excluding hydrogens is 256 g/mol. The van der Waals surface area contributed by atoms with E-state index >= 15 is 0 Å². The van der Waals surface area contributed by atoms with Crippen LogP contribution in [0.25, 0.3) is 0 Å². The summed E-state index contributed by atoms with van der Waals surface area (Å²) in [6.07, 6.45) is 2.37. The Bertz CT molecular complexity index is 368. The molecule has 2 atom stereocenters. The van der Waals surface area contributed by atoms with Crippen LogP contribution in [0.15, 0.2) is 24.3 Å². The zero-order valence-corrected chi connectivity index (χ0v) is 13.4. The molecule has 0 aliphatic heterocycles. The van der Waals surface area contributed by atoms with Crippen molar-refractivity contribution >= 4 is 11.6 Å². The van der Waals surface area contributed by atoms with Crippen molar-refractivity contribution in [1.82, 2.24) is 10.2 Å². The molecule has 0 radical (unpaired) electrons. The van der Waals surface area contributed by atoms with E-state index < -0.39 is 0 Å². The standard InChI is InChI=1S/C16H27ClN2/c1-5-10-18-11-9-13(2)19(4)14(3)15-7-6-8-16(17)12-15/h6-8,12-14,18H,5,9-11H2,1-4H3. The molecule has 0 aromatic heterocycles. The smallest absolute Gasteiger partial charge is 0.0409 e. The van der Waals surface area contributed by atoms with Crippen molar-refractivity contribution in [3.05, 3.63) is 34.9 Å². The zero-order valence-electron chi connectivity index (χ0n) is 12.6. The Morgan fingerprint density at radius 1 is 1.26 bits per heavy atom. The van der Waals surface area contributed by atoms with E-state index in [0.717, 1.165) is 18.1 Å². The average molecular weight is 283 g/mol. The van der Waals surface area contributed by atoms with Gasteiger partial charge in [-0.05, 0) is 64.5 Å². The molecule has 108 valence electrons. The Morgan fingerprint density at radius 2 is 2.00 bits per heavy atom. The minimum absolute atomic E-state index is 0.389. The molecule has 2 nitrogen and oxygen atoms in total. The highest BCUT2D eigenvalue weighted by atomic mass is 35.5. The number of nitrogens with zero attached hydrogens (tertiary/aromatic N) is 1. The molecule has 1 rings (SSSR count). The van der Waals surface area contributed by atoms with Gasteiger partial charge in [-0.25, -0.2) is 0 Å². The van der Waals surface area contributed by atoms with Crippen molar-refractivity contribution in [2.75, 3.05) is 20.1 Å². The maximum Gasteiger partial charge on any atom is 0.0409 e. The summed E-state index contributed by atoms with van der Waals surface area (Å²) in [4.78, 5) is 2.42. The van der Waals surface area contributed by atoms with Gasteiger partial charge in [-0.15, -0.1) is 0 Å². The van der Waals surface area contributed by atoms with Crippen molar-refractivity contribution < 1.29 is 0 Å². The second kappa shape index (κ2) is 8.57. The van der Waals surface area contributed by atoms with E-state index in [9.17, 15) is 0 Å². The van der Waals surface area contributed by atoms with Gasteiger partial charge in [-0.3, -0.25) is 4.90 Å². The molecule has 0 heterocycles. The summed E-state index contributed by atoms with van der Waals surface area (Å²) < 4.78 is 0. The van der Waals surface area contributed by atoms with Crippen LogP contribution >= 0.6 is 11.6 Å². The molecule has 0 aliphatic rings. The summed E-state index contributed by atoms with van der Waals surface area (Å²) in [5, 5.41) is 4.28. The first-order chi connectivity index (χ1) is 9.06. The fraction of sp³-hybridized carbons (Fsp3) is 0.625. The lowest BCUT2D eigenvalue weighted by atomic mass is 10.0. The van der Waals surface area contributed by atoms with Crippen LogP contribution in [0.5, 0.6) is 0 Å². The molecule has 1 aromatic carbocycles. The van der Waals surface area contributed by atoms with Crippen LogP contribution in [0.2, 0.25) is 5.02 Å². The number of benzene rings is 1. The number of halogens is 1. The minimum Gasteiger partial charge on any atom is -0.317 e. The van der Waals surface area contributed by atoms with Crippen LogP contribution in [-0.2, 0) is 0 Å². The van der Waals surface area contributed by atoms with Crippen LogP contribution in [0.1, 0.15) is 45.2 Å². The van der Waals surface area contributed by atoms with E-state index in [0.29, 0.717) is 12.1 Å². The highest BCUT2D eigenvalue weighted by molar-refractivity contribution is 6.30. The van der Waals surface area contributed by atoms with Crippen LogP contribution in [0.4, 0.5) is 0 Å². The second-order valence-corrected chi connectivity index (χ2v) is 5.72. The third-order valence-electron chi connectivity index (χ3n) is 3.80. The number of rotatable bonds is 8. The van der Waals surface area contributed by atoms with E-state index in [-0.39, 0.29) is 0 Å². The normalized spacial score (nSPS) is 14.6. The number of hydrogen-bond acceptors (Lipinski definition) is 2. The predicted molar refractivity (Wildman–Crippen MR) is 84.9 cm³/mol. The van der Waals surface area contributed by atoms with Gasteiger partial charge < -0.3 is 5.32 Å². The lowest BCUT2D eigenvalue weighted by molar-refractivity contribution is 0.188. The highest BCUT2D eigenvalue weighted by Gasteiger charge is 2.17. The SMILES string of the molecule is CCCNCCC(C)N(C)C(C)c1cccc(Cl)c1. The molecule has 1 N–H and O–H groups in total. The molecule has 0 spiro atoms. The van der Waals surface area contributed by atoms with E-state index in [1.807, 2.05) is 12.1 Å². The quantitative estimate of drug-likeness (QED) is 0.722. The summed E-state index contributed by atoms with van der Waals surface area (Å²) in [5.41, 5.74) is 1.28. The van der Waals surface area contributed by atoms with Crippen molar-refractivity contribution in [2.45, 2.75) is 45.7 Å².